The van der Waals surface area contributed by atoms with Gasteiger partial charge in [0.05, 0.1) is 13.2 Å². The van der Waals surface area contributed by atoms with Gasteiger partial charge in [-0.3, -0.25) is 4.79 Å². The molecule has 0 bridgehead atoms. The Hall–Kier alpha value is -3.61. The zero-order valence-electron chi connectivity index (χ0n) is 17.2. The molecule has 4 rings (SSSR count). The summed E-state index contributed by atoms with van der Waals surface area (Å²) in [6, 6.07) is 9.65. The lowest BCUT2D eigenvalue weighted by Gasteiger charge is -2.24. The summed E-state index contributed by atoms with van der Waals surface area (Å²) in [5, 5.41) is 23.6. The SMILES string of the molecule is CCOC(=O)N(C(=O)C1OCC(O)C1O)n1cnc2c(NCc3ccccc3)ncnc21. The maximum atomic E-state index is 13.1. The summed E-state index contributed by atoms with van der Waals surface area (Å²) >= 11 is 0. The average molecular weight is 442 g/mol. The second kappa shape index (κ2) is 9.26. The van der Waals surface area contributed by atoms with Gasteiger partial charge < -0.3 is 25.0 Å². The molecule has 3 N–H and O–H groups in total. The zero-order chi connectivity index (χ0) is 22.7. The van der Waals surface area contributed by atoms with Crippen molar-refractivity contribution in [3.63, 3.8) is 0 Å². The van der Waals surface area contributed by atoms with Gasteiger partial charge in [0.15, 0.2) is 23.1 Å². The van der Waals surface area contributed by atoms with Gasteiger partial charge in [-0.1, -0.05) is 30.3 Å². The Morgan fingerprint density at radius 2 is 2.03 bits per heavy atom. The van der Waals surface area contributed by atoms with Crippen LogP contribution in [0.3, 0.4) is 0 Å². The molecule has 1 aliphatic rings. The van der Waals surface area contributed by atoms with Crippen LogP contribution < -0.4 is 10.3 Å². The maximum absolute atomic E-state index is 13.1. The largest absolute Gasteiger partial charge is 0.448 e. The minimum absolute atomic E-state index is 0.00477. The molecule has 12 nitrogen and oxygen atoms in total. The highest BCUT2D eigenvalue weighted by Crippen LogP contribution is 2.21. The molecule has 1 aromatic carbocycles. The van der Waals surface area contributed by atoms with Gasteiger partial charge >= 0.3 is 6.09 Å². The van der Waals surface area contributed by atoms with Crippen molar-refractivity contribution in [1.82, 2.24) is 19.6 Å². The van der Waals surface area contributed by atoms with Crippen molar-refractivity contribution in [3.8, 4) is 0 Å². The number of imidazole rings is 1. The second-order valence-corrected chi connectivity index (χ2v) is 6.98. The summed E-state index contributed by atoms with van der Waals surface area (Å²) < 4.78 is 11.3. The van der Waals surface area contributed by atoms with E-state index < -0.39 is 30.3 Å². The molecule has 0 aliphatic carbocycles. The molecule has 168 valence electrons. The number of aromatic nitrogens is 4. The number of nitrogens with zero attached hydrogens (tertiary/aromatic N) is 5. The minimum Gasteiger partial charge on any atom is -0.448 e. The molecule has 3 unspecified atom stereocenters. The number of hydrogen-bond acceptors (Lipinski definition) is 10. The lowest BCUT2D eigenvalue weighted by molar-refractivity contribution is -0.132. The van der Waals surface area contributed by atoms with Crippen molar-refractivity contribution in [2.45, 2.75) is 31.8 Å². The molecule has 3 heterocycles. The number of benzene rings is 1. The van der Waals surface area contributed by atoms with Gasteiger partial charge in [0.1, 0.15) is 24.9 Å². The number of rotatable bonds is 6. The molecule has 1 fully saturated rings. The quantitative estimate of drug-likeness (QED) is 0.482. The number of ether oxygens (including phenoxy) is 2. The molecule has 3 atom stereocenters. The third-order valence-corrected chi connectivity index (χ3v) is 4.88. The first-order valence-electron chi connectivity index (χ1n) is 9.95. The number of nitrogens with one attached hydrogen (secondary N) is 1. The second-order valence-electron chi connectivity index (χ2n) is 6.98. The summed E-state index contributed by atoms with van der Waals surface area (Å²) in [6.45, 7) is 1.82. The van der Waals surface area contributed by atoms with Crippen LogP contribution in [0.25, 0.3) is 11.2 Å². The summed E-state index contributed by atoms with van der Waals surface area (Å²) in [7, 11) is 0. The first kappa shape index (κ1) is 21.6. The first-order valence-corrected chi connectivity index (χ1v) is 9.95. The normalized spacial score (nSPS) is 20.3. The monoisotopic (exact) mass is 442 g/mol. The molecule has 1 aliphatic heterocycles. The number of aliphatic hydroxyl groups is 2. The Morgan fingerprint density at radius 1 is 1.25 bits per heavy atom. The smallest absolute Gasteiger partial charge is 0.436 e. The Balaban J connectivity index is 1.67. The fourth-order valence-corrected chi connectivity index (χ4v) is 3.29. The molecule has 0 spiro atoms. The Labute approximate surface area is 182 Å². The van der Waals surface area contributed by atoms with Gasteiger partial charge in [0, 0.05) is 6.54 Å². The van der Waals surface area contributed by atoms with Crippen LogP contribution in [0.15, 0.2) is 43.0 Å². The number of fused-ring (bicyclic) bond motifs is 1. The van der Waals surface area contributed by atoms with Crippen molar-refractivity contribution in [1.29, 1.82) is 0 Å². The molecule has 3 aromatic rings. The fraction of sp³-hybridized carbons (Fsp3) is 0.350. The van der Waals surface area contributed by atoms with Crippen LogP contribution in [0.2, 0.25) is 0 Å². The molecular formula is C20H22N6O6. The van der Waals surface area contributed by atoms with E-state index in [4.69, 9.17) is 9.47 Å². The van der Waals surface area contributed by atoms with Crippen LogP contribution >= 0.6 is 0 Å². The van der Waals surface area contributed by atoms with E-state index in [0.29, 0.717) is 22.9 Å². The van der Waals surface area contributed by atoms with Gasteiger partial charge in [0.2, 0.25) is 0 Å². The van der Waals surface area contributed by atoms with Crippen molar-refractivity contribution in [2.24, 2.45) is 0 Å². The maximum Gasteiger partial charge on any atom is 0.436 e. The Morgan fingerprint density at radius 3 is 2.72 bits per heavy atom. The van der Waals surface area contributed by atoms with Gasteiger partial charge in [-0.15, -0.1) is 5.01 Å². The van der Waals surface area contributed by atoms with Crippen LogP contribution in [0.4, 0.5) is 10.6 Å². The van der Waals surface area contributed by atoms with E-state index in [9.17, 15) is 19.8 Å². The standard InChI is InChI=1S/C20H22N6O6/c1-2-31-20(30)26(19(29)16-15(28)13(27)9-32-16)25-11-24-14-17(22-10-23-18(14)25)21-8-12-6-4-3-5-7-12/h3-7,10-11,13,15-16,27-28H,2,8-9H2,1H3,(H,21,22,23). The summed E-state index contributed by atoms with van der Waals surface area (Å²) in [5.74, 6) is -0.523. The summed E-state index contributed by atoms with van der Waals surface area (Å²) in [5.41, 5.74) is 1.50. The van der Waals surface area contributed by atoms with Crippen LogP contribution in [0.1, 0.15) is 12.5 Å². The van der Waals surface area contributed by atoms with E-state index in [0.717, 1.165) is 10.2 Å². The number of carbonyl (C=O) groups excluding carboxylic acids is 2. The predicted octanol–water partition coefficient (Wildman–Crippen LogP) is 0.180. The van der Waals surface area contributed by atoms with E-state index >= 15 is 0 Å². The molecular weight excluding hydrogens is 420 g/mol. The molecule has 12 heteroatoms. The first-order chi connectivity index (χ1) is 15.5. The number of hydrogen-bond donors (Lipinski definition) is 3. The van der Waals surface area contributed by atoms with E-state index in [2.05, 4.69) is 20.3 Å². The third-order valence-electron chi connectivity index (χ3n) is 4.88. The van der Waals surface area contributed by atoms with Crippen molar-refractivity contribution < 1.29 is 29.3 Å². The fourth-order valence-electron chi connectivity index (χ4n) is 3.29. The van der Waals surface area contributed by atoms with Crippen LogP contribution in [-0.2, 0) is 20.8 Å². The van der Waals surface area contributed by atoms with E-state index in [1.807, 2.05) is 30.3 Å². The highest BCUT2D eigenvalue weighted by atomic mass is 16.6. The molecule has 2 amide bonds. The molecule has 32 heavy (non-hydrogen) atoms. The average Bonchev–Trinajstić information content (AvgIpc) is 3.37. The van der Waals surface area contributed by atoms with Crippen molar-refractivity contribution >= 4 is 29.0 Å². The van der Waals surface area contributed by atoms with Crippen LogP contribution in [0.5, 0.6) is 0 Å². The zero-order valence-corrected chi connectivity index (χ0v) is 17.2. The summed E-state index contributed by atoms with van der Waals surface area (Å²) in [4.78, 5) is 38.3. The molecule has 1 saturated heterocycles. The third kappa shape index (κ3) is 4.10. The minimum atomic E-state index is -1.49. The lowest BCUT2D eigenvalue weighted by Crippen LogP contribution is -2.53. The van der Waals surface area contributed by atoms with E-state index in [-0.39, 0.29) is 18.9 Å². The van der Waals surface area contributed by atoms with Gasteiger partial charge in [-0.05, 0) is 12.5 Å². The highest BCUT2D eigenvalue weighted by Gasteiger charge is 2.44. The number of anilines is 1. The van der Waals surface area contributed by atoms with E-state index in [1.54, 1.807) is 6.92 Å². The van der Waals surface area contributed by atoms with Crippen molar-refractivity contribution in [2.75, 3.05) is 23.5 Å². The van der Waals surface area contributed by atoms with Crippen LogP contribution in [0, 0.1) is 0 Å². The number of aliphatic hydroxyl groups excluding tert-OH is 2. The Bertz CT molecular complexity index is 1110. The number of amides is 2. The summed E-state index contributed by atoms with van der Waals surface area (Å²) in [6.07, 6.45) is -2.71. The Kier molecular flexibility index (Phi) is 6.25. The number of carbonyl (C=O) groups is 2. The molecule has 2 aromatic heterocycles. The predicted molar refractivity (Wildman–Crippen MR) is 111 cm³/mol. The highest BCUT2D eigenvalue weighted by molar-refractivity contribution is 6.08. The molecule has 0 saturated carbocycles. The van der Waals surface area contributed by atoms with Crippen molar-refractivity contribution in [3.05, 3.63) is 48.5 Å². The molecule has 0 radical (unpaired) electrons. The number of imide groups is 1. The van der Waals surface area contributed by atoms with Gasteiger partial charge in [-0.2, -0.15) is 0 Å². The van der Waals surface area contributed by atoms with E-state index in [1.165, 1.54) is 12.7 Å². The van der Waals surface area contributed by atoms with Gasteiger partial charge in [0.25, 0.3) is 5.91 Å². The topological polar surface area (TPSA) is 152 Å². The lowest BCUT2D eigenvalue weighted by atomic mass is 10.1. The van der Waals surface area contributed by atoms with Gasteiger partial charge in [-0.25, -0.2) is 24.4 Å². The van der Waals surface area contributed by atoms with Crippen LogP contribution in [-0.4, -0.2) is 73.4 Å².